The first kappa shape index (κ1) is 26.8. The highest BCUT2D eigenvalue weighted by molar-refractivity contribution is 7.42. The van der Waals surface area contributed by atoms with Gasteiger partial charge in [0, 0.05) is 36.4 Å². The van der Waals surface area contributed by atoms with Gasteiger partial charge in [-0.2, -0.15) is 0 Å². The van der Waals surface area contributed by atoms with E-state index in [4.69, 9.17) is 13.6 Å². The number of rotatable bonds is 5. The van der Waals surface area contributed by atoms with Crippen LogP contribution >= 0.6 is 8.60 Å². The van der Waals surface area contributed by atoms with E-state index in [-0.39, 0.29) is 36.7 Å². The van der Waals surface area contributed by atoms with Crippen LogP contribution in [0.1, 0.15) is 53.7 Å². The topological polar surface area (TPSA) is 123 Å². The maximum absolute atomic E-state index is 12.9. The highest BCUT2D eigenvalue weighted by Crippen LogP contribution is 2.47. The third kappa shape index (κ3) is 6.28. The van der Waals surface area contributed by atoms with Crippen LogP contribution in [-0.2, 0) is 36.5 Å². The Hall–Kier alpha value is -3.77. The molecule has 39 heavy (non-hydrogen) atoms. The van der Waals surface area contributed by atoms with Crippen LogP contribution in [0, 0.1) is 17.3 Å². The van der Waals surface area contributed by atoms with Crippen molar-refractivity contribution < 1.29 is 32.7 Å². The number of para-hydroxylation sites is 1. The fourth-order valence-electron chi connectivity index (χ4n) is 4.40. The van der Waals surface area contributed by atoms with E-state index in [0.717, 1.165) is 11.1 Å². The molecule has 1 unspecified atom stereocenters. The van der Waals surface area contributed by atoms with Crippen molar-refractivity contribution >= 4 is 32.2 Å². The van der Waals surface area contributed by atoms with Crippen molar-refractivity contribution in [2.75, 3.05) is 13.2 Å². The fraction of sp³-hybridized carbons (Fsp3) is 0.357. The zero-order chi connectivity index (χ0) is 27.6. The number of fused-ring (bicyclic) bond motifs is 1. The second-order valence-corrected chi connectivity index (χ2v) is 11.5. The predicted molar refractivity (Wildman–Crippen MR) is 141 cm³/mol. The predicted octanol–water partition coefficient (Wildman–Crippen LogP) is 2.79. The number of imide groups is 1. The van der Waals surface area contributed by atoms with Crippen LogP contribution in [0.25, 0.3) is 0 Å². The third-order valence-corrected chi connectivity index (χ3v) is 7.56. The number of hydrogen-bond acceptors (Lipinski definition) is 7. The van der Waals surface area contributed by atoms with E-state index < -0.39 is 26.5 Å². The molecule has 0 saturated carbocycles. The normalized spacial score (nSPS) is 20.5. The molecule has 202 valence electrons. The minimum absolute atomic E-state index is 0.0685. The van der Waals surface area contributed by atoms with Crippen LogP contribution < -0.4 is 15.2 Å². The number of carbonyl (C=O) groups excluding carboxylic acids is 4. The molecule has 0 bridgehead atoms. The Bertz CT molecular complexity index is 1390. The summed E-state index contributed by atoms with van der Waals surface area (Å²) in [6.07, 6.45) is 0.507. The SMILES string of the molecule is CC1(C)COP(Oc2ccccc2C#CC(=O)NCc2ccc3c(c2)CN(C2CCC(=O)NC2=O)C3=O)OC1. The quantitative estimate of drug-likeness (QED) is 0.334. The number of carbonyl (C=O) groups is 4. The second-order valence-electron chi connectivity index (χ2n) is 10.3. The molecule has 3 heterocycles. The van der Waals surface area contributed by atoms with Gasteiger partial charge in [0.2, 0.25) is 11.8 Å². The number of piperidine rings is 1. The van der Waals surface area contributed by atoms with Gasteiger partial charge in [0.1, 0.15) is 11.8 Å². The summed E-state index contributed by atoms with van der Waals surface area (Å²) < 4.78 is 17.2. The maximum Gasteiger partial charge on any atom is 0.397 e. The first-order valence-electron chi connectivity index (χ1n) is 12.6. The molecular formula is C28H28N3O7P. The van der Waals surface area contributed by atoms with Crippen LogP contribution in [-0.4, -0.2) is 47.8 Å². The van der Waals surface area contributed by atoms with Gasteiger partial charge in [0.15, 0.2) is 0 Å². The summed E-state index contributed by atoms with van der Waals surface area (Å²) in [5, 5.41) is 5.07. The molecule has 0 spiro atoms. The smallest absolute Gasteiger partial charge is 0.397 e. The molecular weight excluding hydrogens is 521 g/mol. The van der Waals surface area contributed by atoms with Gasteiger partial charge >= 0.3 is 8.60 Å². The van der Waals surface area contributed by atoms with Gasteiger partial charge in [0.25, 0.3) is 11.8 Å². The summed E-state index contributed by atoms with van der Waals surface area (Å²) in [5.74, 6) is 4.44. The van der Waals surface area contributed by atoms with Crippen LogP contribution in [0.5, 0.6) is 5.75 Å². The highest BCUT2D eigenvalue weighted by atomic mass is 31.2. The van der Waals surface area contributed by atoms with Gasteiger partial charge in [-0.25, -0.2) is 0 Å². The van der Waals surface area contributed by atoms with Crippen molar-refractivity contribution in [2.24, 2.45) is 5.41 Å². The van der Waals surface area contributed by atoms with Crippen molar-refractivity contribution in [3.8, 4) is 17.6 Å². The number of hydrogen-bond donors (Lipinski definition) is 2. The van der Waals surface area contributed by atoms with Crippen LogP contribution in [0.2, 0.25) is 0 Å². The Morgan fingerprint density at radius 2 is 1.95 bits per heavy atom. The Kier molecular flexibility index (Phi) is 7.67. The van der Waals surface area contributed by atoms with Crippen molar-refractivity contribution in [2.45, 2.75) is 45.8 Å². The largest absolute Gasteiger partial charge is 0.425 e. The Morgan fingerprint density at radius 1 is 1.18 bits per heavy atom. The lowest BCUT2D eigenvalue weighted by Gasteiger charge is -2.32. The van der Waals surface area contributed by atoms with Crippen LogP contribution in [0.4, 0.5) is 0 Å². The van der Waals surface area contributed by atoms with Crippen molar-refractivity contribution in [1.82, 2.24) is 15.5 Å². The summed E-state index contributed by atoms with van der Waals surface area (Å²) >= 11 is 0. The molecule has 0 radical (unpaired) electrons. The number of nitrogens with one attached hydrogen (secondary N) is 2. The van der Waals surface area contributed by atoms with E-state index in [1.807, 2.05) is 12.1 Å². The first-order chi connectivity index (χ1) is 18.7. The van der Waals surface area contributed by atoms with Crippen LogP contribution in [0.3, 0.4) is 0 Å². The lowest BCUT2D eigenvalue weighted by atomic mass is 9.97. The molecule has 2 saturated heterocycles. The number of amides is 4. The lowest BCUT2D eigenvalue weighted by molar-refractivity contribution is -0.137. The van der Waals surface area contributed by atoms with Gasteiger partial charge < -0.3 is 23.8 Å². The zero-order valence-corrected chi connectivity index (χ0v) is 22.5. The minimum atomic E-state index is -1.54. The molecule has 11 heteroatoms. The molecule has 3 aliphatic heterocycles. The van der Waals surface area contributed by atoms with E-state index in [1.54, 1.807) is 30.3 Å². The van der Waals surface area contributed by atoms with E-state index in [1.165, 1.54) is 4.90 Å². The molecule has 0 aliphatic carbocycles. The molecule has 1 atom stereocenters. The molecule has 5 rings (SSSR count). The summed E-state index contributed by atoms with van der Waals surface area (Å²) in [7, 11) is -1.54. The maximum atomic E-state index is 12.9. The summed E-state index contributed by atoms with van der Waals surface area (Å²) in [6.45, 7) is 5.65. The Labute approximate surface area is 227 Å². The highest BCUT2D eigenvalue weighted by Gasteiger charge is 2.39. The molecule has 2 N–H and O–H groups in total. The van der Waals surface area contributed by atoms with Crippen molar-refractivity contribution in [3.63, 3.8) is 0 Å². The lowest BCUT2D eigenvalue weighted by Crippen LogP contribution is -2.52. The third-order valence-electron chi connectivity index (χ3n) is 6.53. The standard InChI is InChI=1S/C28H28N3O7P/c1-28(2)16-36-39(37-17-28)38-23-6-4-3-5-19(23)8-11-24(32)29-14-18-7-9-21-20(13-18)15-31(27(21)35)22-10-12-25(33)30-26(22)34/h3-7,9,13,22H,10,12,14-17H2,1-2H3,(H,29,32)(H,30,33,34). The van der Waals surface area contributed by atoms with Crippen LogP contribution in [0.15, 0.2) is 42.5 Å². The zero-order valence-electron chi connectivity index (χ0n) is 21.6. The van der Waals surface area contributed by atoms with Crippen molar-refractivity contribution in [1.29, 1.82) is 0 Å². The monoisotopic (exact) mass is 549 g/mol. The Balaban J connectivity index is 1.18. The average Bonchev–Trinajstić information content (AvgIpc) is 3.23. The molecule has 2 fully saturated rings. The van der Waals surface area contributed by atoms with E-state index in [9.17, 15) is 19.2 Å². The number of benzene rings is 2. The van der Waals surface area contributed by atoms with Crippen molar-refractivity contribution in [3.05, 3.63) is 64.7 Å². The molecule has 4 amide bonds. The van der Waals surface area contributed by atoms with Gasteiger partial charge in [-0.05, 0) is 35.7 Å². The second kappa shape index (κ2) is 11.1. The Morgan fingerprint density at radius 3 is 2.72 bits per heavy atom. The van der Waals surface area contributed by atoms with Gasteiger partial charge in [-0.3, -0.25) is 24.5 Å². The minimum Gasteiger partial charge on any atom is -0.425 e. The molecule has 10 nitrogen and oxygen atoms in total. The molecule has 0 aromatic heterocycles. The van der Waals surface area contributed by atoms with Gasteiger partial charge in [-0.1, -0.05) is 44.0 Å². The fourth-order valence-corrected chi connectivity index (χ4v) is 5.81. The summed E-state index contributed by atoms with van der Waals surface area (Å²) in [6, 6.07) is 11.7. The number of nitrogens with zero attached hydrogens (tertiary/aromatic N) is 1. The van der Waals surface area contributed by atoms with E-state index in [0.29, 0.717) is 36.5 Å². The van der Waals surface area contributed by atoms with Gasteiger partial charge in [-0.15, -0.1) is 0 Å². The average molecular weight is 550 g/mol. The van der Waals surface area contributed by atoms with E-state index >= 15 is 0 Å². The molecule has 3 aliphatic rings. The van der Waals surface area contributed by atoms with E-state index in [2.05, 4.69) is 36.3 Å². The van der Waals surface area contributed by atoms with Gasteiger partial charge in [0.05, 0.1) is 18.8 Å². The first-order valence-corrected chi connectivity index (χ1v) is 13.7. The summed E-state index contributed by atoms with van der Waals surface area (Å²) in [4.78, 5) is 50.5. The summed E-state index contributed by atoms with van der Waals surface area (Å²) in [5.41, 5.74) is 2.55. The molecule has 2 aromatic rings. The molecule has 2 aromatic carbocycles.